The van der Waals surface area contributed by atoms with Crippen LogP contribution in [0, 0.1) is 0 Å². The molecule has 2 rings (SSSR count). The van der Waals surface area contributed by atoms with E-state index in [-0.39, 0.29) is 11.7 Å². The van der Waals surface area contributed by atoms with Gasteiger partial charge in [0.25, 0.3) is 5.91 Å². The van der Waals surface area contributed by atoms with Crippen LogP contribution in [0.4, 0.5) is 11.4 Å². The number of rotatable bonds is 7. The van der Waals surface area contributed by atoms with Crippen LogP contribution in [0.15, 0.2) is 40.9 Å². The average molecular weight is 466 g/mol. The number of hydrogen-bond acceptors (Lipinski definition) is 3. The van der Waals surface area contributed by atoms with Crippen LogP contribution in [0.1, 0.15) is 16.8 Å². The summed E-state index contributed by atoms with van der Waals surface area (Å²) in [7, 11) is 0. The van der Waals surface area contributed by atoms with Crippen molar-refractivity contribution in [2.45, 2.75) is 6.42 Å². The highest BCUT2D eigenvalue weighted by Gasteiger charge is 2.12. The van der Waals surface area contributed by atoms with Crippen molar-refractivity contribution in [3.8, 4) is 0 Å². The first-order chi connectivity index (χ1) is 11.8. The van der Waals surface area contributed by atoms with Crippen LogP contribution in [0.5, 0.6) is 0 Å². The Hall–Kier alpha value is -1.12. The molecule has 1 unspecified atom stereocenters. The third-order valence-corrected chi connectivity index (χ3v) is 4.80. The summed E-state index contributed by atoms with van der Waals surface area (Å²) in [5.41, 5.74) is 1.56. The van der Waals surface area contributed by atoms with E-state index in [0.29, 0.717) is 39.9 Å². The third-order valence-electron chi connectivity index (χ3n) is 3.16. The molecule has 0 aromatic heterocycles. The lowest BCUT2D eigenvalue weighted by atomic mass is 10.1. The fourth-order valence-electron chi connectivity index (χ4n) is 2.06. The highest BCUT2D eigenvalue weighted by molar-refractivity contribution is 9.10. The van der Waals surface area contributed by atoms with Gasteiger partial charge in [-0.25, -0.2) is 4.21 Å². The Balaban J connectivity index is 2.07. The molecule has 0 aliphatic rings. The van der Waals surface area contributed by atoms with Crippen LogP contribution in [0.3, 0.4) is 0 Å². The molecule has 25 heavy (non-hydrogen) atoms. The van der Waals surface area contributed by atoms with Crippen LogP contribution in [0.2, 0.25) is 10.0 Å². The predicted molar refractivity (Wildman–Crippen MR) is 107 cm³/mol. The summed E-state index contributed by atoms with van der Waals surface area (Å²) in [5.74, 6) is -0.170. The van der Waals surface area contributed by atoms with Crippen molar-refractivity contribution < 1.29 is 13.6 Å². The molecular formula is C16H15BrCl2N2O3S. The monoisotopic (exact) mass is 464 g/mol. The number of anilines is 2. The maximum Gasteiger partial charge on any atom is 0.257 e. The number of benzene rings is 2. The smallest absolute Gasteiger partial charge is 0.257 e. The quantitative estimate of drug-likeness (QED) is 0.395. The van der Waals surface area contributed by atoms with E-state index in [0.717, 1.165) is 4.47 Å². The summed E-state index contributed by atoms with van der Waals surface area (Å²) >= 11 is 13.6. The number of hydrogen-bond donors (Lipinski definition) is 3. The van der Waals surface area contributed by atoms with Gasteiger partial charge in [0.15, 0.2) is 11.1 Å². The second-order valence-corrected chi connectivity index (χ2v) is 7.92. The lowest BCUT2D eigenvalue weighted by Gasteiger charge is -2.11. The maximum atomic E-state index is 12.5. The number of carbonyl (C=O) groups is 1. The van der Waals surface area contributed by atoms with Crippen LogP contribution in [-0.4, -0.2) is 27.0 Å². The third kappa shape index (κ3) is 6.60. The van der Waals surface area contributed by atoms with Gasteiger partial charge in [-0.1, -0.05) is 39.1 Å². The van der Waals surface area contributed by atoms with Crippen molar-refractivity contribution in [2.75, 3.05) is 22.9 Å². The Morgan fingerprint density at radius 2 is 1.92 bits per heavy atom. The van der Waals surface area contributed by atoms with E-state index in [9.17, 15) is 9.00 Å². The topological polar surface area (TPSA) is 78.4 Å². The second kappa shape index (κ2) is 9.54. The van der Waals surface area contributed by atoms with Gasteiger partial charge >= 0.3 is 0 Å². The highest BCUT2D eigenvalue weighted by atomic mass is 79.9. The Labute approximate surface area is 166 Å². The summed E-state index contributed by atoms with van der Waals surface area (Å²) < 4.78 is 20.1. The van der Waals surface area contributed by atoms with Gasteiger partial charge in [0.05, 0.1) is 16.3 Å². The largest absolute Gasteiger partial charge is 0.385 e. The fourth-order valence-corrected chi connectivity index (χ4v) is 3.52. The van der Waals surface area contributed by atoms with Crippen molar-refractivity contribution >= 4 is 67.5 Å². The first-order valence-corrected chi connectivity index (χ1v) is 10.1. The first kappa shape index (κ1) is 20.2. The summed E-state index contributed by atoms with van der Waals surface area (Å²) in [6, 6.07) is 10.1. The standard InChI is InChI=1S/C16H15BrCl2N2O3S/c17-10-6-11(18)8-13(7-10)21-16(22)14-9-12(2-3-15(14)19)20-4-1-5-25(23)24/h2-3,6-9,20H,1,4-5H2,(H,21,22)(H,23,24). The van der Waals surface area contributed by atoms with E-state index < -0.39 is 11.1 Å². The molecule has 1 amide bonds. The molecular weight excluding hydrogens is 451 g/mol. The van der Waals surface area contributed by atoms with Crippen LogP contribution in [0.25, 0.3) is 0 Å². The Bertz CT molecular complexity index is 785. The molecule has 5 nitrogen and oxygen atoms in total. The average Bonchev–Trinajstić information content (AvgIpc) is 2.51. The molecule has 0 spiro atoms. The molecule has 0 aliphatic carbocycles. The molecule has 0 heterocycles. The van der Waals surface area contributed by atoms with E-state index in [4.69, 9.17) is 27.8 Å². The summed E-state index contributed by atoms with van der Waals surface area (Å²) in [4.78, 5) is 12.5. The number of halogens is 3. The lowest BCUT2D eigenvalue weighted by molar-refractivity contribution is 0.102. The fraction of sp³-hybridized carbons (Fsp3) is 0.188. The highest BCUT2D eigenvalue weighted by Crippen LogP contribution is 2.25. The summed E-state index contributed by atoms with van der Waals surface area (Å²) in [6.07, 6.45) is 0.532. The molecule has 0 saturated heterocycles. The van der Waals surface area contributed by atoms with Gasteiger partial charge in [0, 0.05) is 27.4 Å². The van der Waals surface area contributed by atoms with Gasteiger partial charge < -0.3 is 15.2 Å². The van der Waals surface area contributed by atoms with Gasteiger partial charge in [0.1, 0.15) is 0 Å². The van der Waals surface area contributed by atoms with Crippen molar-refractivity contribution in [3.63, 3.8) is 0 Å². The zero-order chi connectivity index (χ0) is 18.4. The van der Waals surface area contributed by atoms with Gasteiger partial charge in [-0.2, -0.15) is 0 Å². The Morgan fingerprint density at radius 1 is 1.16 bits per heavy atom. The van der Waals surface area contributed by atoms with E-state index in [2.05, 4.69) is 26.6 Å². The van der Waals surface area contributed by atoms with Crippen molar-refractivity contribution in [3.05, 3.63) is 56.5 Å². The van der Waals surface area contributed by atoms with E-state index in [1.165, 1.54) is 0 Å². The zero-order valence-electron chi connectivity index (χ0n) is 12.9. The maximum absolute atomic E-state index is 12.5. The minimum absolute atomic E-state index is 0.192. The molecule has 2 aromatic carbocycles. The molecule has 9 heteroatoms. The SMILES string of the molecule is O=C(Nc1cc(Cl)cc(Br)c1)c1cc(NCCCS(=O)O)ccc1Cl. The second-order valence-electron chi connectivity index (χ2n) is 5.11. The Kier molecular flexibility index (Phi) is 7.71. The van der Waals surface area contributed by atoms with Gasteiger partial charge in [-0.3, -0.25) is 4.79 Å². The summed E-state index contributed by atoms with van der Waals surface area (Å²) in [6.45, 7) is 0.510. The molecule has 3 N–H and O–H groups in total. The predicted octanol–water partition coefficient (Wildman–Crippen LogP) is 5.03. The van der Waals surface area contributed by atoms with Gasteiger partial charge in [-0.15, -0.1) is 0 Å². The van der Waals surface area contributed by atoms with Crippen LogP contribution in [-0.2, 0) is 11.1 Å². The molecule has 0 aliphatic heterocycles. The minimum Gasteiger partial charge on any atom is -0.385 e. The van der Waals surface area contributed by atoms with E-state index in [1.807, 2.05) is 0 Å². The lowest BCUT2D eigenvalue weighted by Crippen LogP contribution is -2.13. The van der Waals surface area contributed by atoms with Gasteiger partial charge in [0.2, 0.25) is 0 Å². The first-order valence-electron chi connectivity index (χ1n) is 7.23. The molecule has 0 saturated carbocycles. The molecule has 2 aromatic rings. The Morgan fingerprint density at radius 3 is 2.60 bits per heavy atom. The molecule has 0 fully saturated rings. The van der Waals surface area contributed by atoms with Crippen molar-refractivity contribution in [1.29, 1.82) is 0 Å². The number of amides is 1. The van der Waals surface area contributed by atoms with Crippen LogP contribution >= 0.6 is 39.1 Å². The minimum atomic E-state index is -1.81. The summed E-state index contributed by atoms with van der Waals surface area (Å²) in [5, 5.41) is 6.66. The van der Waals surface area contributed by atoms with E-state index >= 15 is 0 Å². The molecule has 0 bridgehead atoms. The van der Waals surface area contributed by atoms with Gasteiger partial charge in [-0.05, 0) is 42.8 Å². The zero-order valence-corrected chi connectivity index (χ0v) is 16.8. The molecule has 0 radical (unpaired) electrons. The number of carbonyl (C=O) groups excluding carboxylic acids is 1. The molecule has 134 valence electrons. The van der Waals surface area contributed by atoms with Crippen LogP contribution < -0.4 is 10.6 Å². The van der Waals surface area contributed by atoms with Crippen molar-refractivity contribution in [2.24, 2.45) is 0 Å². The molecule has 1 atom stereocenters. The number of nitrogens with one attached hydrogen (secondary N) is 2. The van der Waals surface area contributed by atoms with E-state index in [1.54, 1.807) is 36.4 Å². The normalized spacial score (nSPS) is 11.8. The van der Waals surface area contributed by atoms with Crippen molar-refractivity contribution in [1.82, 2.24) is 0 Å².